The van der Waals surface area contributed by atoms with Gasteiger partial charge in [0.05, 0.1) is 13.7 Å². The maximum absolute atomic E-state index is 11.0. The molecule has 2 rings (SSSR count). The zero-order chi connectivity index (χ0) is 17.2. The molecule has 0 unspecified atom stereocenters. The van der Waals surface area contributed by atoms with Crippen LogP contribution in [0.25, 0.3) is 0 Å². The van der Waals surface area contributed by atoms with E-state index in [0.717, 1.165) is 49.9 Å². The van der Waals surface area contributed by atoms with Gasteiger partial charge >= 0.3 is 0 Å². The summed E-state index contributed by atoms with van der Waals surface area (Å²) in [5.41, 5.74) is 3.10. The van der Waals surface area contributed by atoms with Crippen LogP contribution in [0.2, 0.25) is 0 Å². The highest BCUT2D eigenvalue weighted by Gasteiger charge is 2.06. The molecule has 2 aromatic rings. The Balaban J connectivity index is 1.98. The molecule has 0 aliphatic carbocycles. The number of methoxy groups -OCH3 is 1. The second kappa shape index (κ2) is 9.76. The minimum atomic E-state index is 0.665. The van der Waals surface area contributed by atoms with Crippen molar-refractivity contribution in [2.75, 3.05) is 13.7 Å². The highest BCUT2D eigenvalue weighted by atomic mass is 16.5. The third kappa shape index (κ3) is 5.41. The molecule has 2 aromatic carbocycles. The lowest BCUT2D eigenvalue weighted by Crippen LogP contribution is -2.01. The third-order valence-electron chi connectivity index (χ3n) is 4.03. The average molecular weight is 326 g/mol. The molecule has 3 heteroatoms. The molecule has 0 atom stereocenters. The zero-order valence-electron chi connectivity index (χ0n) is 14.6. The Labute approximate surface area is 144 Å². The van der Waals surface area contributed by atoms with Gasteiger partial charge in [-0.3, -0.25) is 4.79 Å². The van der Waals surface area contributed by atoms with E-state index in [0.29, 0.717) is 12.2 Å². The Bertz CT molecular complexity index is 649. The van der Waals surface area contributed by atoms with Crippen molar-refractivity contribution in [2.24, 2.45) is 0 Å². The van der Waals surface area contributed by atoms with Crippen LogP contribution in [0.4, 0.5) is 0 Å². The van der Waals surface area contributed by atoms with Crippen molar-refractivity contribution in [1.82, 2.24) is 0 Å². The third-order valence-corrected chi connectivity index (χ3v) is 4.03. The lowest BCUT2D eigenvalue weighted by atomic mass is 10.0. The standard InChI is InChI=1S/C21H26O3/c1-3-4-13-24-21-15-18(16-22)11-12-19(21)9-5-7-17-8-6-10-20(14-17)23-2/h6,8,10-12,14-16H,3-5,7,9,13H2,1-2H3. The lowest BCUT2D eigenvalue weighted by molar-refractivity contribution is 0.112. The Morgan fingerprint density at radius 1 is 1.04 bits per heavy atom. The quantitative estimate of drug-likeness (QED) is 0.462. The van der Waals surface area contributed by atoms with E-state index in [1.54, 1.807) is 7.11 Å². The summed E-state index contributed by atoms with van der Waals surface area (Å²) >= 11 is 0. The average Bonchev–Trinajstić information content (AvgIpc) is 2.63. The van der Waals surface area contributed by atoms with E-state index in [-0.39, 0.29) is 0 Å². The molecule has 0 saturated carbocycles. The number of rotatable bonds is 10. The minimum absolute atomic E-state index is 0.665. The molecule has 24 heavy (non-hydrogen) atoms. The van der Waals surface area contributed by atoms with Crippen molar-refractivity contribution >= 4 is 6.29 Å². The van der Waals surface area contributed by atoms with Gasteiger partial charge in [-0.15, -0.1) is 0 Å². The molecular weight excluding hydrogens is 300 g/mol. The first-order chi connectivity index (χ1) is 11.8. The molecular formula is C21H26O3. The number of aryl methyl sites for hydroxylation is 2. The first kappa shape index (κ1) is 18.1. The van der Waals surface area contributed by atoms with Crippen LogP contribution in [-0.2, 0) is 12.8 Å². The molecule has 0 spiro atoms. The number of hydrogen-bond acceptors (Lipinski definition) is 3. The van der Waals surface area contributed by atoms with E-state index in [1.807, 2.05) is 30.3 Å². The van der Waals surface area contributed by atoms with Crippen molar-refractivity contribution in [3.63, 3.8) is 0 Å². The largest absolute Gasteiger partial charge is 0.497 e. The fourth-order valence-corrected chi connectivity index (χ4v) is 2.62. The topological polar surface area (TPSA) is 35.5 Å². The van der Waals surface area contributed by atoms with E-state index in [9.17, 15) is 4.79 Å². The first-order valence-corrected chi connectivity index (χ1v) is 8.60. The van der Waals surface area contributed by atoms with E-state index < -0.39 is 0 Å². The highest BCUT2D eigenvalue weighted by Crippen LogP contribution is 2.23. The number of hydrogen-bond donors (Lipinski definition) is 0. The van der Waals surface area contributed by atoms with Gasteiger partial charge in [0, 0.05) is 5.56 Å². The second-order valence-electron chi connectivity index (χ2n) is 5.89. The number of ether oxygens (including phenoxy) is 2. The molecule has 0 amide bonds. The Hall–Kier alpha value is -2.29. The van der Waals surface area contributed by atoms with Crippen LogP contribution in [0, 0.1) is 0 Å². The summed E-state index contributed by atoms with van der Waals surface area (Å²) in [6, 6.07) is 13.9. The van der Waals surface area contributed by atoms with Gasteiger partial charge in [-0.25, -0.2) is 0 Å². The van der Waals surface area contributed by atoms with Crippen molar-refractivity contribution in [3.05, 3.63) is 59.2 Å². The molecule has 0 aliphatic rings. The number of benzene rings is 2. The Morgan fingerprint density at radius 3 is 2.67 bits per heavy atom. The second-order valence-corrected chi connectivity index (χ2v) is 5.89. The van der Waals surface area contributed by atoms with Crippen LogP contribution < -0.4 is 9.47 Å². The summed E-state index contributed by atoms with van der Waals surface area (Å²) in [6.07, 6.45) is 5.93. The molecule has 0 fully saturated rings. The Kier molecular flexibility index (Phi) is 7.34. The van der Waals surface area contributed by atoms with E-state index in [1.165, 1.54) is 11.1 Å². The molecule has 0 N–H and O–H groups in total. The summed E-state index contributed by atoms with van der Waals surface area (Å²) in [6.45, 7) is 2.84. The summed E-state index contributed by atoms with van der Waals surface area (Å²) in [5.74, 6) is 1.74. The van der Waals surface area contributed by atoms with E-state index in [2.05, 4.69) is 19.1 Å². The van der Waals surface area contributed by atoms with E-state index >= 15 is 0 Å². The lowest BCUT2D eigenvalue weighted by Gasteiger charge is -2.12. The van der Waals surface area contributed by atoms with Crippen LogP contribution >= 0.6 is 0 Å². The van der Waals surface area contributed by atoms with Gasteiger partial charge in [-0.2, -0.15) is 0 Å². The van der Waals surface area contributed by atoms with Gasteiger partial charge in [0.15, 0.2) is 0 Å². The fourth-order valence-electron chi connectivity index (χ4n) is 2.62. The SMILES string of the molecule is CCCCOc1cc(C=O)ccc1CCCc1cccc(OC)c1. The molecule has 0 radical (unpaired) electrons. The van der Waals surface area contributed by atoms with Crippen molar-refractivity contribution in [1.29, 1.82) is 0 Å². The van der Waals surface area contributed by atoms with Gasteiger partial charge < -0.3 is 9.47 Å². The summed E-state index contributed by atoms with van der Waals surface area (Å²) in [5, 5.41) is 0. The van der Waals surface area contributed by atoms with Gasteiger partial charge in [0.1, 0.15) is 17.8 Å². The maximum atomic E-state index is 11.0. The van der Waals surface area contributed by atoms with Crippen molar-refractivity contribution in [3.8, 4) is 11.5 Å². The van der Waals surface area contributed by atoms with E-state index in [4.69, 9.17) is 9.47 Å². The summed E-state index contributed by atoms with van der Waals surface area (Å²) in [7, 11) is 1.69. The van der Waals surface area contributed by atoms with Gasteiger partial charge in [0.25, 0.3) is 0 Å². The summed E-state index contributed by atoms with van der Waals surface area (Å²) in [4.78, 5) is 11.0. The molecule has 3 nitrogen and oxygen atoms in total. The minimum Gasteiger partial charge on any atom is -0.497 e. The number of carbonyl (C=O) groups excluding carboxylic acids is 1. The van der Waals surface area contributed by atoms with Crippen LogP contribution in [0.3, 0.4) is 0 Å². The maximum Gasteiger partial charge on any atom is 0.150 e. The van der Waals surface area contributed by atoms with Crippen molar-refractivity contribution < 1.29 is 14.3 Å². The first-order valence-electron chi connectivity index (χ1n) is 8.60. The van der Waals surface area contributed by atoms with Gasteiger partial charge in [-0.05, 0) is 55.0 Å². The fraction of sp³-hybridized carbons (Fsp3) is 0.381. The van der Waals surface area contributed by atoms with Crippen LogP contribution in [-0.4, -0.2) is 20.0 Å². The van der Waals surface area contributed by atoms with Gasteiger partial charge in [-0.1, -0.05) is 37.6 Å². The molecule has 0 aliphatic heterocycles. The molecule has 0 saturated heterocycles. The predicted molar refractivity (Wildman–Crippen MR) is 97.3 cm³/mol. The Morgan fingerprint density at radius 2 is 1.92 bits per heavy atom. The molecule has 128 valence electrons. The summed E-state index contributed by atoms with van der Waals surface area (Å²) < 4.78 is 11.1. The van der Waals surface area contributed by atoms with Crippen LogP contribution in [0.15, 0.2) is 42.5 Å². The van der Waals surface area contributed by atoms with Crippen LogP contribution in [0.5, 0.6) is 11.5 Å². The smallest absolute Gasteiger partial charge is 0.150 e. The van der Waals surface area contributed by atoms with Crippen LogP contribution in [0.1, 0.15) is 47.7 Å². The molecule has 0 aromatic heterocycles. The highest BCUT2D eigenvalue weighted by molar-refractivity contribution is 5.75. The monoisotopic (exact) mass is 326 g/mol. The zero-order valence-corrected chi connectivity index (χ0v) is 14.6. The molecule has 0 bridgehead atoms. The normalized spacial score (nSPS) is 10.4. The van der Waals surface area contributed by atoms with Crippen molar-refractivity contribution in [2.45, 2.75) is 39.0 Å². The van der Waals surface area contributed by atoms with Gasteiger partial charge in [0.2, 0.25) is 0 Å². The number of aldehydes is 1. The molecule has 0 heterocycles. The number of carbonyl (C=O) groups is 1. The predicted octanol–water partition coefficient (Wildman–Crippen LogP) is 4.86. The number of unbranched alkanes of at least 4 members (excludes halogenated alkanes) is 1.